The van der Waals surface area contributed by atoms with Crippen molar-refractivity contribution in [3.05, 3.63) is 29.8 Å². The van der Waals surface area contributed by atoms with E-state index in [0.717, 1.165) is 12.8 Å². The van der Waals surface area contributed by atoms with Gasteiger partial charge in [0.15, 0.2) is 6.61 Å². The molecule has 1 aliphatic rings. The smallest absolute Gasteiger partial charge is 0.338 e. The molecule has 0 unspecified atom stereocenters. The average molecular weight is 320 g/mol. The highest BCUT2D eigenvalue weighted by atomic mass is 16.5. The van der Waals surface area contributed by atoms with E-state index in [1.54, 1.807) is 18.2 Å². The molecular weight excluding hydrogens is 300 g/mol. The molecule has 1 aromatic rings. The maximum Gasteiger partial charge on any atom is 0.338 e. The molecule has 23 heavy (non-hydrogen) atoms. The number of methoxy groups -OCH3 is 1. The van der Waals surface area contributed by atoms with Gasteiger partial charge in [-0.1, -0.05) is 6.07 Å². The molecule has 0 spiro atoms. The predicted molar refractivity (Wildman–Crippen MR) is 81.8 cm³/mol. The minimum Gasteiger partial charge on any atom is -0.497 e. The normalized spacial score (nSPS) is 17.4. The maximum atomic E-state index is 12.2. The molecule has 7 nitrogen and oxygen atoms in total. The Bertz CT molecular complexity index is 602. The lowest BCUT2D eigenvalue weighted by Gasteiger charge is -2.33. The summed E-state index contributed by atoms with van der Waals surface area (Å²) < 4.78 is 10.1. The number of carbonyl (C=O) groups is 3. The van der Waals surface area contributed by atoms with Crippen molar-refractivity contribution in [1.82, 2.24) is 4.90 Å². The van der Waals surface area contributed by atoms with Crippen LogP contribution in [0.2, 0.25) is 0 Å². The van der Waals surface area contributed by atoms with Crippen LogP contribution in [0, 0.1) is 0 Å². The SMILES string of the molecule is COc1cccc(C(=O)OCC(=O)N2CCCC[C@@H]2C(N)=O)c1. The van der Waals surface area contributed by atoms with Crippen LogP contribution in [0.3, 0.4) is 0 Å². The summed E-state index contributed by atoms with van der Waals surface area (Å²) in [6, 6.07) is 5.84. The number of likely N-dealkylation sites (tertiary alicyclic amines) is 1. The first-order chi connectivity index (χ1) is 11.0. The molecule has 2 rings (SSSR count). The monoisotopic (exact) mass is 320 g/mol. The predicted octanol–water partition coefficient (Wildman–Crippen LogP) is 0.718. The minimum atomic E-state index is -0.620. The molecule has 0 saturated carbocycles. The Morgan fingerprint density at radius 2 is 2.09 bits per heavy atom. The van der Waals surface area contributed by atoms with Gasteiger partial charge in [0, 0.05) is 6.54 Å². The molecule has 2 N–H and O–H groups in total. The Hall–Kier alpha value is -2.57. The molecule has 1 fully saturated rings. The van der Waals surface area contributed by atoms with Crippen molar-refractivity contribution in [2.24, 2.45) is 5.73 Å². The second kappa shape index (κ2) is 7.62. The van der Waals surface area contributed by atoms with Gasteiger partial charge in [-0.15, -0.1) is 0 Å². The van der Waals surface area contributed by atoms with E-state index in [1.807, 2.05) is 0 Å². The zero-order valence-electron chi connectivity index (χ0n) is 13.0. The number of ether oxygens (including phenoxy) is 2. The van der Waals surface area contributed by atoms with Crippen LogP contribution in [-0.2, 0) is 14.3 Å². The third-order valence-electron chi connectivity index (χ3n) is 3.78. The number of hydrogen-bond donors (Lipinski definition) is 1. The molecule has 7 heteroatoms. The summed E-state index contributed by atoms with van der Waals surface area (Å²) in [5, 5.41) is 0. The average Bonchev–Trinajstić information content (AvgIpc) is 2.59. The fourth-order valence-corrected chi connectivity index (χ4v) is 2.57. The Morgan fingerprint density at radius 3 is 2.78 bits per heavy atom. The number of rotatable bonds is 5. The first-order valence-electron chi connectivity index (χ1n) is 7.43. The summed E-state index contributed by atoms with van der Waals surface area (Å²) in [5.74, 6) is -1.04. The van der Waals surface area contributed by atoms with Crippen molar-refractivity contribution in [3.8, 4) is 5.75 Å². The molecule has 0 radical (unpaired) electrons. The van der Waals surface area contributed by atoms with Crippen LogP contribution in [0.15, 0.2) is 24.3 Å². The first-order valence-corrected chi connectivity index (χ1v) is 7.43. The van der Waals surface area contributed by atoms with Crippen molar-refractivity contribution in [1.29, 1.82) is 0 Å². The van der Waals surface area contributed by atoms with Crippen molar-refractivity contribution in [3.63, 3.8) is 0 Å². The van der Waals surface area contributed by atoms with E-state index in [0.29, 0.717) is 24.3 Å². The second-order valence-corrected chi connectivity index (χ2v) is 5.31. The van der Waals surface area contributed by atoms with E-state index in [9.17, 15) is 14.4 Å². The van der Waals surface area contributed by atoms with E-state index in [4.69, 9.17) is 15.2 Å². The quantitative estimate of drug-likeness (QED) is 0.806. The minimum absolute atomic E-state index is 0.294. The number of benzene rings is 1. The molecule has 1 aromatic carbocycles. The molecule has 1 atom stereocenters. The summed E-state index contributed by atoms with van der Waals surface area (Å²) in [5.41, 5.74) is 5.61. The molecule has 124 valence electrons. The molecule has 0 bridgehead atoms. The number of nitrogens with two attached hydrogens (primary N) is 1. The van der Waals surface area contributed by atoms with Crippen molar-refractivity contribution in [2.45, 2.75) is 25.3 Å². The van der Waals surface area contributed by atoms with Gasteiger partial charge < -0.3 is 20.1 Å². The molecular formula is C16H20N2O5. The molecule has 2 amide bonds. The summed E-state index contributed by atoms with van der Waals surface area (Å²) in [4.78, 5) is 37.0. The van der Waals surface area contributed by atoms with Crippen LogP contribution in [0.5, 0.6) is 5.75 Å². The van der Waals surface area contributed by atoms with Gasteiger partial charge in [0.2, 0.25) is 5.91 Å². The van der Waals surface area contributed by atoms with Gasteiger partial charge in [-0.05, 0) is 37.5 Å². The zero-order chi connectivity index (χ0) is 16.8. The van der Waals surface area contributed by atoms with Crippen molar-refractivity contribution < 1.29 is 23.9 Å². The number of nitrogens with zero attached hydrogens (tertiary/aromatic N) is 1. The first kappa shape index (κ1) is 16.8. The van der Waals surface area contributed by atoms with Crippen LogP contribution in [0.25, 0.3) is 0 Å². The highest BCUT2D eigenvalue weighted by molar-refractivity contribution is 5.92. The van der Waals surface area contributed by atoms with E-state index < -0.39 is 30.4 Å². The standard InChI is InChI=1S/C16H20N2O5/c1-22-12-6-4-5-11(9-12)16(21)23-10-14(19)18-8-3-2-7-13(18)15(17)20/h4-6,9,13H,2-3,7-8,10H2,1H3,(H2,17,20)/t13-/m1/s1. The number of esters is 1. The van der Waals surface area contributed by atoms with Crippen molar-refractivity contribution in [2.75, 3.05) is 20.3 Å². The Labute approximate surface area is 134 Å². The number of carbonyl (C=O) groups excluding carboxylic acids is 3. The number of primary amides is 1. The second-order valence-electron chi connectivity index (χ2n) is 5.31. The number of piperidine rings is 1. The summed E-state index contributed by atoms with van der Waals surface area (Å²) >= 11 is 0. The van der Waals surface area contributed by atoms with Gasteiger partial charge >= 0.3 is 5.97 Å². The zero-order valence-corrected chi connectivity index (χ0v) is 13.0. The van der Waals surface area contributed by atoms with Gasteiger partial charge in [0.1, 0.15) is 11.8 Å². The van der Waals surface area contributed by atoms with Crippen LogP contribution in [-0.4, -0.2) is 49.0 Å². The number of hydrogen-bond acceptors (Lipinski definition) is 5. The van der Waals surface area contributed by atoms with Crippen molar-refractivity contribution >= 4 is 17.8 Å². The van der Waals surface area contributed by atoms with Crippen LogP contribution < -0.4 is 10.5 Å². The fourth-order valence-electron chi connectivity index (χ4n) is 2.57. The highest BCUT2D eigenvalue weighted by Gasteiger charge is 2.31. The topological polar surface area (TPSA) is 98.9 Å². The Morgan fingerprint density at radius 1 is 1.30 bits per heavy atom. The molecule has 0 aromatic heterocycles. The Kier molecular flexibility index (Phi) is 5.56. The van der Waals surface area contributed by atoms with Crippen LogP contribution in [0.4, 0.5) is 0 Å². The lowest BCUT2D eigenvalue weighted by Crippen LogP contribution is -2.51. The fraction of sp³-hybridized carbons (Fsp3) is 0.438. The van der Waals surface area contributed by atoms with Crippen LogP contribution >= 0.6 is 0 Å². The van der Waals surface area contributed by atoms with E-state index in [-0.39, 0.29) is 0 Å². The van der Waals surface area contributed by atoms with Gasteiger partial charge in [0.05, 0.1) is 12.7 Å². The third-order valence-corrected chi connectivity index (χ3v) is 3.78. The van der Waals surface area contributed by atoms with Crippen LogP contribution in [0.1, 0.15) is 29.6 Å². The summed E-state index contributed by atoms with van der Waals surface area (Å²) in [6.07, 6.45) is 2.20. The van der Waals surface area contributed by atoms with E-state index in [1.165, 1.54) is 18.1 Å². The highest BCUT2D eigenvalue weighted by Crippen LogP contribution is 2.17. The van der Waals surface area contributed by atoms with Gasteiger partial charge in [-0.2, -0.15) is 0 Å². The number of amides is 2. The van der Waals surface area contributed by atoms with E-state index >= 15 is 0 Å². The van der Waals surface area contributed by atoms with Gasteiger partial charge in [-0.3, -0.25) is 9.59 Å². The summed E-state index contributed by atoms with van der Waals surface area (Å²) in [7, 11) is 1.49. The molecule has 1 heterocycles. The Balaban J connectivity index is 1.94. The lowest BCUT2D eigenvalue weighted by molar-refractivity contribution is -0.143. The largest absolute Gasteiger partial charge is 0.497 e. The molecule has 1 aliphatic heterocycles. The maximum absolute atomic E-state index is 12.2. The third kappa shape index (κ3) is 4.21. The van der Waals surface area contributed by atoms with E-state index in [2.05, 4.69) is 0 Å². The molecule has 0 aliphatic carbocycles. The van der Waals surface area contributed by atoms with Gasteiger partial charge in [-0.25, -0.2) is 4.79 Å². The lowest BCUT2D eigenvalue weighted by atomic mass is 10.0. The summed E-state index contributed by atoms with van der Waals surface area (Å²) in [6.45, 7) is 0.0307. The molecule has 1 saturated heterocycles. The van der Waals surface area contributed by atoms with Gasteiger partial charge in [0.25, 0.3) is 5.91 Å².